The number of pyridine rings is 1. The fraction of sp³-hybridized carbons (Fsp3) is 0.176. The molecule has 0 radical (unpaired) electrons. The lowest BCUT2D eigenvalue weighted by Crippen LogP contribution is -2.09. The summed E-state index contributed by atoms with van der Waals surface area (Å²) in [6.45, 7) is 0.269. The summed E-state index contributed by atoms with van der Waals surface area (Å²) >= 11 is 0. The summed E-state index contributed by atoms with van der Waals surface area (Å²) in [7, 11) is -3.24. The van der Waals surface area contributed by atoms with Crippen LogP contribution < -0.4 is 0 Å². The van der Waals surface area contributed by atoms with E-state index in [0.717, 1.165) is 17.6 Å². The standard InChI is InChI=1S/C17H17N3O3S/c1-24(22,23)14-7-5-13(6-8-14)17(21)12-20-11-9-16(19-20)15-4-2-3-10-18-15/h2-11,17,21H,12H2,1H3. The summed E-state index contributed by atoms with van der Waals surface area (Å²) in [5.41, 5.74) is 2.13. The number of benzene rings is 1. The summed E-state index contributed by atoms with van der Waals surface area (Å²) in [6, 6.07) is 13.7. The molecule has 7 heteroatoms. The van der Waals surface area contributed by atoms with Gasteiger partial charge in [0.1, 0.15) is 5.69 Å². The van der Waals surface area contributed by atoms with Gasteiger partial charge < -0.3 is 5.11 Å². The second kappa shape index (κ2) is 6.54. The number of hydrogen-bond acceptors (Lipinski definition) is 5. The second-order valence-electron chi connectivity index (χ2n) is 5.49. The van der Waals surface area contributed by atoms with E-state index in [1.807, 2.05) is 24.3 Å². The normalized spacial score (nSPS) is 12.9. The Morgan fingerprint density at radius 2 is 1.83 bits per heavy atom. The highest BCUT2D eigenvalue weighted by atomic mass is 32.2. The van der Waals surface area contributed by atoms with Crippen LogP contribution in [0.25, 0.3) is 11.4 Å². The largest absolute Gasteiger partial charge is 0.386 e. The van der Waals surface area contributed by atoms with E-state index in [9.17, 15) is 13.5 Å². The van der Waals surface area contributed by atoms with Crippen LogP contribution in [-0.4, -0.2) is 34.5 Å². The molecule has 3 aromatic rings. The average Bonchev–Trinajstić information content (AvgIpc) is 3.03. The van der Waals surface area contributed by atoms with Crippen LogP contribution in [0.1, 0.15) is 11.7 Å². The fourth-order valence-electron chi connectivity index (χ4n) is 2.33. The van der Waals surface area contributed by atoms with Crippen LogP contribution in [0.4, 0.5) is 0 Å². The molecular formula is C17H17N3O3S. The molecule has 0 amide bonds. The van der Waals surface area contributed by atoms with E-state index in [1.165, 1.54) is 12.1 Å². The molecule has 1 atom stereocenters. The van der Waals surface area contributed by atoms with Crippen molar-refractivity contribution in [3.8, 4) is 11.4 Å². The van der Waals surface area contributed by atoms with Gasteiger partial charge in [-0.25, -0.2) is 8.42 Å². The summed E-state index contributed by atoms with van der Waals surface area (Å²) in [4.78, 5) is 4.47. The number of aliphatic hydroxyl groups is 1. The van der Waals surface area contributed by atoms with Gasteiger partial charge in [0.2, 0.25) is 0 Å². The molecule has 24 heavy (non-hydrogen) atoms. The molecule has 124 valence electrons. The van der Waals surface area contributed by atoms with Crippen LogP contribution >= 0.6 is 0 Å². The van der Waals surface area contributed by atoms with Crippen molar-refractivity contribution in [2.75, 3.05) is 6.26 Å². The lowest BCUT2D eigenvalue weighted by molar-refractivity contribution is 0.151. The summed E-state index contributed by atoms with van der Waals surface area (Å²) < 4.78 is 24.6. The quantitative estimate of drug-likeness (QED) is 0.767. The summed E-state index contributed by atoms with van der Waals surface area (Å²) in [5, 5.41) is 14.7. The van der Waals surface area contributed by atoms with Gasteiger partial charge in [-0.15, -0.1) is 0 Å². The Morgan fingerprint density at radius 1 is 1.08 bits per heavy atom. The molecule has 0 spiro atoms. The summed E-state index contributed by atoms with van der Waals surface area (Å²) in [6.07, 6.45) is 3.85. The Kier molecular flexibility index (Phi) is 4.46. The Bertz CT molecular complexity index is 919. The minimum absolute atomic E-state index is 0.231. The molecular weight excluding hydrogens is 326 g/mol. The Hall–Kier alpha value is -2.51. The molecule has 1 aromatic carbocycles. The molecule has 1 N–H and O–H groups in total. The third-order valence-electron chi connectivity index (χ3n) is 3.62. The van der Waals surface area contributed by atoms with E-state index in [4.69, 9.17) is 0 Å². The molecule has 0 saturated heterocycles. The van der Waals surface area contributed by atoms with Gasteiger partial charge >= 0.3 is 0 Å². The first-order valence-electron chi connectivity index (χ1n) is 7.36. The van der Waals surface area contributed by atoms with Gasteiger partial charge in [0.15, 0.2) is 9.84 Å². The minimum atomic E-state index is -3.24. The average molecular weight is 343 g/mol. The maximum Gasteiger partial charge on any atom is 0.175 e. The molecule has 0 aliphatic heterocycles. The van der Waals surface area contributed by atoms with Gasteiger partial charge in [-0.05, 0) is 35.9 Å². The predicted molar refractivity (Wildman–Crippen MR) is 90.0 cm³/mol. The van der Waals surface area contributed by atoms with Crippen LogP contribution in [-0.2, 0) is 16.4 Å². The highest BCUT2D eigenvalue weighted by Crippen LogP contribution is 2.19. The molecule has 0 saturated carbocycles. The van der Waals surface area contributed by atoms with Crippen LogP contribution in [0.3, 0.4) is 0 Å². The Labute approximate surface area is 140 Å². The van der Waals surface area contributed by atoms with Crippen molar-refractivity contribution in [2.24, 2.45) is 0 Å². The van der Waals surface area contributed by atoms with E-state index >= 15 is 0 Å². The highest BCUT2D eigenvalue weighted by Gasteiger charge is 2.12. The van der Waals surface area contributed by atoms with E-state index < -0.39 is 15.9 Å². The zero-order chi connectivity index (χ0) is 17.2. The topological polar surface area (TPSA) is 85.1 Å². The van der Waals surface area contributed by atoms with Crippen molar-refractivity contribution in [1.29, 1.82) is 0 Å². The molecule has 2 aromatic heterocycles. The van der Waals surface area contributed by atoms with E-state index in [-0.39, 0.29) is 11.4 Å². The Morgan fingerprint density at radius 3 is 2.46 bits per heavy atom. The van der Waals surface area contributed by atoms with Crippen molar-refractivity contribution in [1.82, 2.24) is 14.8 Å². The minimum Gasteiger partial charge on any atom is -0.386 e. The number of sulfone groups is 1. The molecule has 1 unspecified atom stereocenters. The lowest BCUT2D eigenvalue weighted by Gasteiger charge is -2.11. The monoisotopic (exact) mass is 343 g/mol. The first kappa shape index (κ1) is 16.4. The zero-order valence-electron chi connectivity index (χ0n) is 13.1. The summed E-state index contributed by atoms with van der Waals surface area (Å²) in [5.74, 6) is 0. The van der Waals surface area contributed by atoms with Crippen LogP contribution in [0.15, 0.2) is 65.8 Å². The van der Waals surface area contributed by atoms with Gasteiger partial charge in [0.25, 0.3) is 0 Å². The van der Waals surface area contributed by atoms with E-state index in [0.29, 0.717) is 5.56 Å². The number of aliphatic hydroxyl groups excluding tert-OH is 1. The predicted octanol–water partition coefficient (Wildman–Crippen LogP) is 2.08. The molecule has 0 bridgehead atoms. The first-order valence-corrected chi connectivity index (χ1v) is 9.25. The van der Waals surface area contributed by atoms with Gasteiger partial charge in [-0.1, -0.05) is 18.2 Å². The maximum absolute atomic E-state index is 11.5. The van der Waals surface area contributed by atoms with Crippen LogP contribution in [0, 0.1) is 0 Å². The number of hydrogen-bond donors (Lipinski definition) is 1. The van der Waals surface area contributed by atoms with Crippen molar-refractivity contribution >= 4 is 9.84 Å². The van der Waals surface area contributed by atoms with Gasteiger partial charge in [0.05, 0.1) is 23.2 Å². The second-order valence-corrected chi connectivity index (χ2v) is 7.51. The molecule has 0 fully saturated rings. The van der Waals surface area contributed by atoms with Crippen molar-refractivity contribution in [3.63, 3.8) is 0 Å². The zero-order valence-corrected chi connectivity index (χ0v) is 13.9. The van der Waals surface area contributed by atoms with E-state index in [2.05, 4.69) is 10.1 Å². The van der Waals surface area contributed by atoms with Crippen molar-refractivity contribution < 1.29 is 13.5 Å². The third kappa shape index (κ3) is 3.69. The van der Waals surface area contributed by atoms with Crippen molar-refractivity contribution in [3.05, 3.63) is 66.5 Å². The van der Waals surface area contributed by atoms with E-state index in [1.54, 1.807) is 29.2 Å². The lowest BCUT2D eigenvalue weighted by atomic mass is 10.1. The Balaban J connectivity index is 1.73. The molecule has 6 nitrogen and oxygen atoms in total. The molecule has 2 heterocycles. The van der Waals surface area contributed by atoms with Crippen molar-refractivity contribution in [2.45, 2.75) is 17.5 Å². The van der Waals surface area contributed by atoms with Gasteiger partial charge in [-0.2, -0.15) is 5.10 Å². The fourth-order valence-corrected chi connectivity index (χ4v) is 2.96. The number of rotatable bonds is 5. The van der Waals surface area contributed by atoms with Gasteiger partial charge in [-0.3, -0.25) is 9.67 Å². The van der Waals surface area contributed by atoms with Crippen LogP contribution in [0.5, 0.6) is 0 Å². The van der Waals surface area contributed by atoms with Gasteiger partial charge in [0, 0.05) is 18.6 Å². The third-order valence-corrected chi connectivity index (χ3v) is 4.75. The highest BCUT2D eigenvalue weighted by molar-refractivity contribution is 7.90. The maximum atomic E-state index is 11.5. The molecule has 0 aliphatic carbocycles. The molecule has 3 rings (SSSR count). The first-order chi connectivity index (χ1) is 11.4. The molecule has 0 aliphatic rings. The number of aromatic nitrogens is 3. The smallest absolute Gasteiger partial charge is 0.175 e. The number of nitrogens with zero attached hydrogens (tertiary/aromatic N) is 3. The SMILES string of the molecule is CS(=O)(=O)c1ccc(C(O)Cn2ccc(-c3ccccn3)n2)cc1. The van der Waals surface area contributed by atoms with Crippen LogP contribution in [0.2, 0.25) is 0 Å².